The summed E-state index contributed by atoms with van der Waals surface area (Å²) in [5, 5.41) is 11.2. The molecule has 0 saturated carbocycles. The Morgan fingerprint density at radius 2 is 1.90 bits per heavy atom. The molecule has 1 fully saturated rings. The molecule has 0 aromatic heterocycles. The third-order valence-corrected chi connectivity index (χ3v) is 4.53. The van der Waals surface area contributed by atoms with E-state index in [1.165, 1.54) is 0 Å². The second kappa shape index (κ2) is 6.68. The summed E-state index contributed by atoms with van der Waals surface area (Å²) in [5.74, 6) is -0.532. The number of aliphatic carboxylic acids is 1. The van der Waals surface area contributed by atoms with Gasteiger partial charge in [-0.15, -0.1) is 0 Å². The van der Waals surface area contributed by atoms with Crippen LogP contribution in [0.15, 0.2) is 0 Å². The second-order valence-corrected chi connectivity index (χ2v) is 8.60. The summed E-state index contributed by atoms with van der Waals surface area (Å²) in [4.78, 5) is 36.3. The molecule has 0 radical (unpaired) electrons. The molecule has 0 atom stereocenters. The van der Waals surface area contributed by atoms with Crippen molar-refractivity contribution < 1.29 is 19.5 Å². The average molecular weight is 316 g/mol. The van der Waals surface area contributed by atoms with Gasteiger partial charge in [0.05, 0.1) is 6.42 Å². The highest BCUT2D eigenvalue weighted by Crippen LogP contribution is 2.29. The topological polar surface area (TPSA) is 86.7 Å². The Bertz CT molecular complexity index is 435. The average Bonchev–Trinajstić information content (AvgIpc) is 2.24. The van der Waals surface area contributed by atoms with Crippen molar-refractivity contribution in [1.82, 2.24) is 10.2 Å². The van der Waals surface area contributed by atoms with E-state index in [-0.39, 0.29) is 23.6 Å². The van der Waals surface area contributed by atoms with E-state index >= 15 is 0 Å². The van der Waals surface area contributed by atoms with E-state index in [0.29, 0.717) is 13.1 Å². The highest BCUT2D eigenvalue weighted by Gasteiger charge is 2.31. The lowest BCUT2D eigenvalue weighted by molar-refractivity contribution is -0.139. The van der Waals surface area contributed by atoms with Crippen LogP contribution in [0, 0.1) is 5.41 Å². The molecule has 1 aliphatic rings. The lowest BCUT2D eigenvalue weighted by atomic mass is 9.85. The fourth-order valence-corrected chi connectivity index (χ4v) is 3.45. The van der Waals surface area contributed by atoms with E-state index in [1.54, 1.807) is 30.5 Å². The van der Waals surface area contributed by atoms with Crippen LogP contribution in [0.5, 0.6) is 0 Å². The Morgan fingerprint density at radius 3 is 2.43 bits per heavy atom. The molecule has 0 aromatic carbocycles. The number of carbonyl (C=O) groups is 3. The number of hydrogen-bond acceptors (Lipinski definition) is 4. The molecule has 7 heteroatoms. The summed E-state index contributed by atoms with van der Waals surface area (Å²) in [6.07, 6.45) is -0.0982. The van der Waals surface area contributed by atoms with Crippen molar-refractivity contribution in [3.05, 3.63) is 0 Å². The molecular formula is C14H24N2O4S. The second-order valence-electron chi connectivity index (χ2n) is 6.79. The zero-order valence-corrected chi connectivity index (χ0v) is 13.9. The lowest BCUT2D eigenvalue weighted by Crippen LogP contribution is -2.51. The van der Waals surface area contributed by atoms with Crippen molar-refractivity contribution in [1.29, 1.82) is 0 Å². The fourth-order valence-electron chi connectivity index (χ4n) is 2.34. The summed E-state index contributed by atoms with van der Waals surface area (Å²) in [6.45, 7) is 8.74. The van der Waals surface area contributed by atoms with Gasteiger partial charge in [-0.3, -0.25) is 14.9 Å². The van der Waals surface area contributed by atoms with Gasteiger partial charge in [0.15, 0.2) is 0 Å². The van der Waals surface area contributed by atoms with Crippen LogP contribution in [-0.2, 0) is 9.59 Å². The van der Waals surface area contributed by atoms with Crippen molar-refractivity contribution in [3.8, 4) is 0 Å². The quantitative estimate of drug-likeness (QED) is 0.827. The third-order valence-electron chi connectivity index (χ3n) is 3.23. The number of nitrogens with zero attached hydrogens (tertiary/aromatic N) is 1. The number of amides is 3. The number of nitrogens with one attached hydrogen (secondary N) is 1. The molecule has 0 bridgehead atoms. The number of imide groups is 1. The van der Waals surface area contributed by atoms with Crippen LogP contribution in [0.2, 0.25) is 0 Å². The summed E-state index contributed by atoms with van der Waals surface area (Å²) >= 11 is 1.81. The predicted molar refractivity (Wildman–Crippen MR) is 82.3 cm³/mol. The minimum Gasteiger partial charge on any atom is -0.481 e. The first-order valence-corrected chi connectivity index (χ1v) is 7.94. The first-order chi connectivity index (χ1) is 9.51. The van der Waals surface area contributed by atoms with Crippen molar-refractivity contribution >= 4 is 29.7 Å². The Morgan fingerprint density at radius 1 is 1.29 bits per heavy atom. The van der Waals surface area contributed by atoms with Gasteiger partial charge in [0, 0.05) is 30.0 Å². The van der Waals surface area contributed by atoms with E-state index in [0.717, 1.165) is 5.75 Å². The Kier molecular flexibility index (Phi) is 5.67. The number of carboxylic acid groups (broad SMARTS) is 1. The van der Waals surface area contributed by atoms with Gasteiger partial charge >= 0.3 is 12.0 Å². The van der Waals surface area contributed by atoms with Gasteiger partial charge in [-0.05, 0) is 19.3 Å². The Labute approximate surface area is 129 Å². The molecule has 0 spiro atoms. The minimum absolute atomic E-state index is 0.0109. The SMILES string of the molecule is CC(C)(CC(=O)O)CC(=O)NC(=O)N1CCSC(C)(C)C1. The first kappa shape index (κ1) is 17.8. The molecule has 3 amide bonds. The minimum atomic E-state index is -0.950. The molecule has 6 nitrogen and oxygen atoms in total. The van der Waals surface area contributed by atoms with Crippen LogP contribution in [0.25, 0.3) is 0 Å². The Balaban J connectivity index is 2.51. The molecule has 0 aliphatic carbocycles. The van der Waals surface area contributed by atoms with Crippen molar-refractivity contribution in [3.63, 3.8) is 0 Å². The number of thioether (sulfide) groups is 1. The fraction of sp³-hybridized carbons (Fsp3) is 0.786. The zero-order chi connectivity index (χ0) is 16.3. The van der Waals surface area contributed by atoms with E-state index in [4.69, 9.17) is 5.11 Å². The summed E-state index contributed by atoms with van der Waals surface area (Å²) < 4.78 is -0.0127. The summed E-state index contributed by atoms with van der Waals surface area (Å²) in [5.41, 5.74) is -0.673. The molecule has 1 rings (SSSR count). The molecule has 0 unspecified atom stereocenters. The standard InChI is InChI=1S/C14H24N2O4S/c1-13(2,8-11(18)19)7-10(17)15-12(20)16-5-6-21-14(3,4)9-16/h5-9H2,1-4H3,(H,18,19)(H,15,17,20). The summed E-state index contributed by atoms with van der Waals surface area (Å²) in [7, 11) is 0. The highest BCUT2D eigenvalue weighted by atomic mass is 32.2. The Hall–Kier alpha value is -1.24. The predicted octanol–water partition coefficient (Wildman–Crippen LogP) is 1.94. The van der Waals surface area contributed by atoms with E-state index in [2.05, 4.69) is 19.2 Å². The third kappa shape index (κ3) is 6.37. The van der Waals surface area contributed by atoms with Gasteiger partial charge < -0.3 is 10.0 Å². The molecule has 0 aromatic rings. The van der Waals surface area contributed by atoms with Crippen molar-refractivity contribution in [2.24, 2.45) is 5.41 Å². The number of rotatable bonds is 4. The van der Waals surface area contributed by atoms with Gasteiger partial charge in [0.1, 0.15) is 0 Å². The van der Waals surface area contributed by atoms with Gasteiger partial charge in [-0.25, -0.2) is 4.79 Å². The molecule has 1 saturated heterocycles. The molecular weight excluding hydrogens is 292 g/mol. The first-order valence-electron chi connectivity index (χ1n) is 6.95. The van der Waals surface area contributed by atoms with Crippen LogP contribution in [0.3, 0.4) is 0 Å². The maximum absolute atomic E-state index is 12.1. The van der Waals surface area contributed by atoms with E-state index in [1.807, 2.05) is 0 Å². The monoisotopic (exact) mass is 316 g/mol. The van der Waals surface area contributed by atoms with E-state index in [9.17, 15) is 14.4 Å². The molecule has 2 N–H and O–H groups in total. The maximum atomic E-state index is 12.1. The van der Waals surface area contributed by atoms with Crippen LogP contribution in [-0.4, -0.2) is 51.5 Å². The molecule has 21 heavy (non-hydrogen) atoms. The molecule has 120 valence electrons. The van der Waals surface area contributed by atoms with Gasteiger partial charge in [0.25, 0.3) is 0 Å². The van der Waals surface area contributed by atoms with E-state index < -0.39 is 17.3 Å². The molecule has 1 heterocycles. The number of carbonyl (C=O) groups excluding carboxylic acids is 2. The van der Waals surface area contributed by atoms with Crippen molar-refractivity contribution in [2.45, 2.75) is 45.3 Å². The number of urea groups is 1. The lowest BCUT2D eigenvalue weighted by Gasteiger charge is -2.37. The maximum Gasteiger partial charge on any atom is 0.324 e. The van der Waals surface area contributed by atoms with Crippen LogP contribution in [0.4, 0.5) is 4.79 Å². The largest absolute Gasteiger partial charge is 0.481 e. The van der Waals surface area contributed by atoms with Gasteiger partial charge in [-0.1, -0.05) is 13.8 Å². The van der Waals surface area contributed by atoms with Crippen LogP contribution >= 0.6 is 11.8 Å². The zero-order valence-electron chi connectivity index (χ0n) is 13.1. The summed E-state index contributed by atoms with van der Waals surface area (Å²) in [6, 6.07) is -0.389. The van der Waals surface area contributed by atoms with Gasteiger partial charge in [-0.2, -0.15) is 11.8 Å². The van der Waals surface area contributed by atoms with Crippen LogP contribution < -0.4 is 5.32 Å². The normalized spacial score (nSPS) is 18.2. The van der Waals surface area contributed by atoms with Crippen LogP contribution in [0.1, 0.15) is 40.5 Å². The smallest absolute Gasteiger partial charge is 0.324 e. The number of carboxylic acids is 1. The number of hydrogen-bond donors (Lipinski definition) is 2. The van der Waals surface area contributed by atoms with Gasteiger partial charge in [0.2, 0.25) is 5.91 Å². The molecule has 1 aliphatic heterocycles. The van der Waals surface area contributed by atoms with Crippen molar-refractivity contribution in [2.75, 3.05) is 18.8 Å². The highest BCUT2D eigenvalue weighted by molar-refractivity contribution is 8.00.